The number of pyridine rings is 2. The van der Waals surface area contributed by atoms with Gasteiger partial charge in [-0.25, -0.2) is 17.5 Å². The third-order valence-electron chi connectivity index (χ3n) is 4.35. The van der Waals surface area contributed by atoms with Crippen molar-refractivity contribution >= 4 is 16.0 Å². The van der Waals surface area contributed by atoms with Gasteiger partial charge in [-0.1, -0.05) is 0 Å². The Labute approximate surface area is 146 Å². The lowest BCUT2D eigenvalue weighted by molar-refractivity contribution is 0.0696. The molecule has 1 saturated heterocycles. The van der Waals surface area contributed by atoms with E-state index < -0.39 is 16.0 Å². The van der Waals surface area contributed by atoms with Gasteiger partial charge in [0.25, 0.3) is 0 Å². The van der Waals surface area contributed by atoms with Gasteiger partial charge in [0.1, 0.15) is 0 Å². The van der Waals surface area contributed by atoms with Crippen molar-refractivity contribution in [3.63, 3.8) is 0 Å². The molecular formula is C17H19N3O4S. The fourth-order valence-corrected chi connectivity index (χ4v) is 3.97. The van der Waals surface area contributed by atoms with Gasteiger partial charge in [-0.2, -0.15) is 0 Å². The van der Waals surface area contributed by atoms with Crippen LogP contribution in [0, 0.1) is 5.92 Å². The Hall–Kier alpha value is -2.32. The number of hydrogen-bond acceptors (Lipinski definition) is 5. The Morgan fingerprint density at radius 2 is 2.16 bits per heavy atom. The quantitative estimate of drug-likeness (QED) is 0.869. The molecule has 2 aromatic heterocycles. The summed E-state index contributed by atoms with van der Waals surface area (Å²) in [6.07, 6.45) is 7.39. The van der Waals surface area contributed by atoms with Crippen molar-refractivity contribution in [1.29, 1.82) is 0 Å². The number of hydrogen-bond donors (Lipinski definition) is 1. The van der Waals surface area contributed by atoms with Gasteiger partial charge in [0.15, 0.2) is 0 Å². The van der Waals surface area contributed by atoms with Crippen LogP contribution in [0.5, 0.6) is 0 Å². The summed E-state index contributed by atoms with van der Waals surface area (Å²) in [4.78, 5) is 19.3. The number of carboxylic acid groups (broad SMARTS) is 1. The molecule has 1 atom stereocenters. The molecule has 0 bridgehead atoms. The van der Waals surface area contributed by atoms with Gasteiger partial charge < -0.3 is 5.11 Å². The van der Waals surface area contributed by atoms with Gasteiger partial charge in [-0.3, -0.25) is 9.97 Å². The monoisotopic (exact) mass is 361 g/mol. The second kappa shape index (κ2) is 6.89. The SMILES string of the molecule is CS(=O)(=O)N1CC[C@@H](Cc2ccnc(-c3cncc(C(=O)O)c3)c2)C1. The summed E-state index contributed by atoms with van der Waals surface area (Å²) in [7, 11) is -3.13. The van der Waals surface area contributed by atoms with Crippen molar-refractivity contribution in [2.24, 2.45) is 5.92 Å². The summed E-state index contributed by atoms with van der Waals surface area (Å²) in [5.74, 6) is -0.759. The lowest BCUT2D eigenvalue weighted by Gasteiger charge is -2.13. The summed E-state index contributed by atoms with van der Waals surface area (Å²) in [6.45, 7) is 1.10. The van der Waals surface area contributed by atoms with Gasteiger partial charge in [0.2, 0.25) is 10.0 Å². The van der Waals surface area contributed by atoms with Crippen LogP contribution >= 0.6 is 0 Å². The van der Waals surface area contributed by atoms with Crippen LogP contribution in [-0.4, -0.2) is 53.1 Å². The second-order valence-electron chi connectivity index (χ2n) is 6.30. The molecule has 3 rings (SSSR count). The number of sulfonamides is 1. The van der Waals surface area contributed by atoms with E-state index in [0.29, 0.717) is 24.3 Å². The van der Waals surface area contributed by atoms with Crippen LogP contribution in [-0.2, 0) is 16.4 Å². The van der Waals surface area contributed by atoms with Crippen LogP contribution in [0.4, 0.5) is 0 Å². The standard InChI is InChI=1S/C17H19N3O4S/c1-25(23,24)20-5-3-13(11-20)6-12-2-4-19-16(7-12)14-8-15(17(21)22)10-18-9-14/h2,4,7-10,13H,3,5-6,11H2,1H3,(H,21,22)/t13-/m0/s1. The molecule has 7 nitrogen and oxygen atoms in total. The Bertz CT molecular complexity index is 898. The van der Waals surface area contributed by atoms with E-state index in [1.165, 1.54) is 16.8 Å². The average molecular weight is 361 g/mol. The number of aromatic nitrogens is 2. The molecular weight excluding hydrogens is 342 g/mol. The van der Waals surface area contributed by atoms with Crippen LogP contribution in [0.1, 0.15) is 22.3 Å². The fraction of sp³-hybridized carbons (Fsp3) is 0.353. The zero-order chi connectivity index (χ0) is 18.0. The van der Waals surface area contributed by atoms with Gasteiger partial charge in [-0.05, 0) is 42.5 Å². The smallest absolute Gasteiger partial charge is 0.337 e. The molecule has 0 unspecified atom stereocenters. The highest BCUT2D eigenvalue weighted by Crippen LogP contribution is 2.24. The first-order valence-corrected chi connectivity index (χ1v) is 9.76. The van der Waals surface area contributed by atoms with E-state index in [4.69, 9.17) is 5.11 Å². The largest absolute Gasteiger partial charge is 0.478 e. The highest BCUT2D eigenvalue weighted by atomic mass is 32.2. The predicted molar refractivity (Wildman–Crippen MR) is 92.7 cm³/mol. The van der Waals surface area contributed by atoms with Gasteiger partial charge in [-0.15, -0.1) is 0 Å². The zero-order valence-electron chi connectivity index (χ0n) is 13.8. The Kier molecular flexibility index (Phi) is 4.82. The molecule has 2 aromatic rings. The maximum Gasteiger partial charge on any atom is 0.337 e. The Balaban J connectivity index is 1.77. The fourth-order valence-electron chi connectivity index (χ4n) is 3.05. The molecule has 0 saturated carbocycles. The van der Waals surface area contributed by atoms with Crippen molar-refractivity contribution in [2.45, 2.75) is 12.8 Å². The van der Waals surface area contributed by atoms with Crippen molar-refractivity contribution in [3.8, 4) is 11.3 Å². The third-order valence-corrected chi connectivity index (χ3v) is 5.62. The van der Waals surface area contributed by atoms with E-state index in [-0.39, 0.29) is 11.5 Å². The molecule has 0 spiro atoms. The lowest BCUT2D eigenvalue weighted by atomic mass is 9.98. The Morgan fingerprint density at radius 1 is 1.36 bits per heavy atom. The van der Waals surface area contributed by atoms with Crippen molar-refractivity contribution < 1.29 is 18.3 Å². The minimum Gasteiger partial charge on any atom is -0.478 e. The van der Waals surface area contributed by atoms with Crippen LogP contribution in [0.2, 0.25) is 0 Å². The van der Waals surface area contributed by atoms with Gasteiger partial charge in [0, 0.05) is 37.2 Å². The van der Waals surface area contributed by atoms with E-state index >= 15 is 0 Å². The average Bonchev–Trinajstić information content (AvgIpc) is 3.04. The normalized spacial score (nSPS) is 18.4. The molecule has 0 aromatic carbocycles. The highest BCUT2D eigenvalue weighted by molar-refractivity contribution is 7.88. The first-order valence-electron chi connectivity index (χ1n) is 7.91. The summed E-state index contributed by atoms with van der Waals surface area (Å²) in [6, 6.07) is 5.36. The molecule has 0 amide bonds. The van der Waals surface area contributed by atoms with Crippen molar-refractivity contribution in [2.75, 3.05) is 19.3 Å². The summed E-state index contributed by atoms with van der Waals surface area (Å²) in [5, 5.41) is 9.08. The van der Waals surface area contributed by atoms with E-state index in [0.717, 1.165) is 18.4 Å². The Morgan fingerprint density at radius 3 is 2.84 bits per heavy atom. The molecule has 1 N–H and O–H groups in total. The zero-order valence-corrected chi connectivity index (χ0v) is 14.6. The number of nitrogens with zero attached hydrogens (tertiary/aromatic N) is 3. The first kappa shape index (κ1) is 17.5. The lowest BCUT2D eigenvalue weighted by Crippen LogP contribution is -2.27. The molecule has 0 aliphatic carbocycles. The van der Waals surface area contributed by atoms with Gasteiger partial charge in [0.05, 0.1) is 17.5 Å². The highest BCUT2D eigenvalue weighted by Gasteiger charge is 2.28. The minimum absolute atomic E-state index is 0.115. The summed E-state index contributed by atoms with van der Waals surface area (Å²) >= 11 is 0. The molecule has 1 fully saturated rings. The maximum atomic E-state index is 11.6. The molecule has 1 aliphatic rings. The van der Waals surface area contributed by atoms with Crippen LogP contribution in [0.3, 0.4) is 0 Å². The molecule has 1 aliphatic heterocycles. The molecule has 3 heterocycles. The van der Waals surface area contributed by atoms with Crippen LogP contribution in [0.25, 0.3) is 11.3 Å². The first-order chi connectivity index (χ1) is 11.8. The molecule has 132 valence electrons. The maximum absolute atomic E-state index is 11.6. The topological polar surface area (TPSA) is 100 Å². The predicted octanol–water partition coefficient (Wildman–Crippen LogP) is 1.67. The second-order valence-corrected chi connectivity index (χ2v) is 8.28. The van der Waals surface area contributed by atoms with E-state index in [9.17, 15) is 13.2 Å². The molecule has 8 heteroatoms. The number of rotatable bonds is 5. The third kappa shape index (κ3) is 4.21. The number of carbonyl (C=O) groups is 1. The molecule has 0 radical (unpaired) electrons. The van der Waals surface area contributed by atoms with Crippen molar-refractivity contribution in [1.82, 2.24) is 14.3 Å². The summed E-state index contributed by atoms with van der Waals surface area (Å²) < 4.78 is 24.8. The van der Waals surface area contributed by atoms with Crippen molar-refractivity contribution in [3.05, 3.63) is 47.9 Å². The van der Waals surface area contributed by atoms with Crippen LogP contribution in [0.15, 0.2) is 36.8 Å². The van der Waals surface area contributed by atoms with E-state index in [1.807, 2.05) is 12.1 Å². The van der Waals surface area contributed by atoms with Gasteiger partial charge >= 0.3 is 5.97 Å². The number of carboxylic acids is 1. The number of aromatic carboxylic acids is 1. The summed E-state index contributed by atoms with van der Waals surface area (Å²) in [5.41, 5.74) is 2.47. The molecule has 25 heavy (non-hydrogen) atoms. The van der Waals surface area contributed by atoms with E-state index in [1.54, 1.807) is 18.5 Å². The van der Waals surface area contributed by atoms with Crippen LogP contribution < -0.4 is 0 Å². The van der Waals surface area contributed by atoms with E-state index in [2.05, 4.69) is 9.97 Å². The minimum atomic E-state index is -3.13.